The highest BCUT2D eigenvalue weighted by molar-refractivity contribution is 5.78. The van der Waals surface area contributed by atoms with E-state index < -0.39 is 0 Å². The molecule has 3 nitrogen and oxygen atoms in total. The summed E-state index contributed by atoms with van der Waals surface area (Å²) in [5.74, 6) is 0.0676. The Bertz CT molecular complexity index is 537. The first-order valence-electron chi connectivity index (χ1n) is 5.79. The first-order valence-corrected chi connectivity index (χ1v) is 5.79. The van der Waals surface area contributed by atoms with Crippen molar-refractivity contribution in [1.82, 2.24) is 9.55 Å². The van der Waals surface area contributed by atoms with Crippen LogP contribution in [0.3, 0.4) is 0 Å². The average Bonchev–Trinajstić information content (AvgIpc) is 2.52. The fourth-order valence-electron chi connectivity index (χ4n) is 1.81. The summed E-state index contributed by atoms with van der Waals surface area (Å²) in [4.78, 5) is 4.08. The molecule has 1 aromatic heterocycles. The van der Waals surface area contributed by atoms with E-state index in [1.165, 1.54) is 6.07 Å². The van der Waals surface area contributed by atoms with E-state index in [0.29, 0.717) is 11.5 Å². The second-order valence-electron chi connectivity index (χ2n) is 5.54. The molecule has 0 bridgehead atoms. The predicted octanol–water partition coefficient (Wildman–Crippen LogP) is 3.19. The SMILES string of the molecule is CC(C)(C)CCn1c(N)nc2c(F)cccc21. The topological polar surface area (TPSA) is 43.8 Å². The summed E-state index contributed by atoms with van der Waals surface area (Å²) in [5.41, 5.74) is 7.19. The molecule has 1 aromatic carbocycles. The molecule has 0 atom stereocenters. The van der Waals surface area contributed by atoms with Crippen molar-refractivity contribution in [1.29, 1.82) is 0 Å². The largest absolute Gasteiger partial charge is 0.369 e. The van der Waals surface area contributed by atoms with Gasteiger partial charge in [-0.15, -0.1) is 0 Å². The van der Waals surface area contributed by atoms with Crippen LogP contribution in [0.2, 0.25) is 0 Å². The van der Waals surface area contributed by atoms with Crippen molar-refractivity contribution in [3.8, 4) is 0 Å². The molecule has 2 aromatic rings. The van der Waals surface area contributed by atoms with Crippen molar-refractivity contribution in [2.75, 3.05) is 5.73 Å². The summed E-state index contributed by atoms with van der Waals surface area (Å²) in [6, 6.07) is 4.94. The Hall–Kier alpha value is -1.58. The summed E-state index contributed by atoms with van der Waals surface area (Å²) in [5, 5.41) is 0. The first-order chi connectivity index (χ1) is 7.88. The lowest BCUT2D eigenvalue weighted by molar-refractivity contribution is 0.354. The Morgan fingerprint density at radius 3 is 2.71 bits per heavy atom. The molecule has 4 heteroatoms. The van der Waals surface area contributed by atoms with Gasteiger partial charge in [0.2, 0.25) is 5.95 Å². The van der Waals surface area contributed by atoms with E-state index in [-0.39, 0.29) is 11.2 Å². The van der Waals surface area contributed by atoms with Crippen molar-refractivity contribution in [2.24, 2.45) is 5.41 Å². The van der Waals surface area contributed by atoms with Crippen molar-refractivity contribution >= 4 is 17.0 Å². The third kappa shape index (κ3) is 2.40. The zero-order valence-corrected chi connectivity index (χ0v) is 10.5. The van der Waals surface area contributed by atoms with Gasteiger partial charge in [-0.3, -0.25) is 0 Å². The molecule has 0 unspecified atom stereocenters. The molecule has 1 heterocycles. The summed E-state index contributed by atoms with van der Waals surface area (Å²) < 4.78 is 15.4. The first kappa shape index (κ1) is 11.9. The van der Waals surface area contributed by atoms with Gasteiger partial charge in [0.1, 0.15) is 5.52 Å². The van der Waals surface area contributed by atoms with Crippen molar-refractivity contribution in [3.05, 3.63) is 24.0 Å². The van der Waals surface area contributed by atoms with Crippen LogP contribution >= 0.6 is 0 Å². The second-order valence-corrected chi connectivity index (χ2v) is 5.54. The Balaban J connectivity index is 2.40. The standard InChI is InChI=1S/C13H18FN3/c1-13(2,3)7-8-17-10-6-4-5-9(14)11(10)16-12(17)15/h4-6H,7-8H2,1-3H3,(H2,15,16). The molecule has 92 valence electrons. The molecular formula is C13H18FN3. The number of nitrogens with zero attached hydrogens (tertiary/aromatic N) is 2. The number of rotatable bonds is 2. The third-order valence-corrected chi connectivity index (χ3v) is 2.84. The zero-order chi connectivity index (χ0) is 12.6. The van der Waals surface area contributed by atoms with Gasteiger partial charge < -0.3 is 10.3 Å². The smallest absolute Gasteiger partial charge is 0.201 e. The van der Waals surface area contributed by atoms with Crippen molar-refractivity contribution in [3.63, 3.8) is 0 Å². The van der Waals surface area contributed by atoms with Crippen LogP contribution in [0.25, 0.3) is 11.0 Å². The molecule has 0 aliphatic rings. The fraction of sp³-hybridized carbons (Fsp3) is 0.462. The lowest BCUT2D eigenvalue weighted by atomic mass is 9.92. The minimum atomic E-state index is -0.316. The van der Waals surface area contributed by atoms with Crippen LogP contribution in [-0.2, 0) is 6.54 Å². The van der Waals surface area contributed by atoms with Crippen molar-refractivity contribution in [2.45, 2.75) is 33.7 Å². The molecule has 2 rings (SSSR count). The predicted molar refractivity (Wildman–Crippen MR) is 68.2 cm³/mol. The number of anilines is 1. The van der Waals surface area contributed by atoms with Gasteiger partial charge in [0.05, 0.1) is 5.52 Å². The summed E-state index contributed by atoms with van der Waals surface area (Å²) in [7, 11) is 0. The molecule has 2 N–H and O–H groups in total. The number of aryl methyl sites for hydroxylation is 1. The summed E-state index contributed by atoms with van der Waals surface area (Å²) in [6.07, 6.45) is 0.971. The number of hydrogen-bond donors (Lipinski definition) is 1. The van der Waals surface area contributed by atoms with E-state index in [1.807, 2.05) is 10.6 Å². The maximum Gasteiger partial charge on any atom is 0.201 e. The van der Waals surface area contributed by atoms with Gasteiger partial charge in [-0.1, -0.05) is 26.8 Å². The minimum Gasteiger partial charge on any atom is -0.369 e. The molecule has 0 spiro atoms. The Kier molecular flexibility index (Phi) is 2.81. The van der Waals surface area contributed by atoms with Crippen LogP contribution in [0.1, 0.15) is 27.2 Å². The number of hydrogen-bond acceptors (Lipinski definition) is 2. The molecule has 0 radical (unpaired) electrons. The molecule has 0 aliphatic carbocycles. The van der Waals surface area contributed by atoms with Gasteiger partial charge in [0.15, 0.2) is 5.82 Å². The average molecular weight is 235 g/mol. The molecular weight excluding hydrogens is 217 g/mol. The van der Waals surface area contributed by atoms with E-state index in [0.717, 1.165) is 18.5 Å². The second kappa shape index (κ2) is 4.02. The Morgan fingerprint density at radius 1 is 1.35 bits per heavy atom. The van der Waals surface area contributed by atoms with E-state index in [9.17, 15) is 4.39 Å². The number of benzene rings is 1. The molecule has 0 saturated heterocycles. The Morgan fingerprint density at radius 2 is 2.06 bits per heavy atom. The number of para-hydroxylation sites is 1. The van der Waals surface area contributed by atoms with Crippen LogP contribution in [0.15, 0.2) is 18.2 Å². The van der Waals surface area contributed by atoms with Crippen LogP contribution in [0, 0.1) is 11.2 Å². The lowest BCUT2D eigenvalue weighted by Gasteiger charge is -2.18. The monoisotopic (exact) mass is 235 g/mol. The molecule has 0 amide bonds. The normalized spacial score (nSPS) is 12.2. The number of nitrogens with two attached hydrogens (primary N) is 1. The van der Waals surface area contributed by atoms with E-state index >= 15 is 0 Å². The molecule has 0 saturated carbocycles. The number of halogens is 1. The highest BCUT2D eigenvalue weighted by Crippen LogP contribution is 2.24. The van der Waals surface area contributed by atoms with Crippen LogP contribution in [0.5, 0.6) is 0 Å². The van der Waals surface area contributed by atoms with Crippen LogP contribution in [-0.4, -0.2) is 9.55 Å². The maximum absolute atomic E-state index is 13.5. The summed E-state index contributed by atoms with van der Waals surface area (Å²) in [6.45, 7) is 7.27. The van der Waals surface area contributed by atoms with E-state index in [4.69, 9.17) is 5.73 Å². The number of imidazole rings is 1. The zero-order valence-electron chi connectivity index (χ0n) is 10.5. The van der Waals surface area contributed by atoms with E-state index in [1.54, 1.807) is 6.07 Å². The van der Waals surface area contributed by atoms with Crippen molar-refractivity contribution < 1.29 is 4.39 Å². The fourth-order valence-corrected chi connectivity index (χ4v) is 1.81. The quantitative estimate of drug-likeness (QED) is 0.868. The van der Waals surface area contributed by atoms with Gasteiger partial charge in [-0.05, 0) is 24.0 Å². The van der Waals surface area contributed by atoms with Crippen LogP contribution in [0.4, 0.5) is 10.3 Å². The minimum absolute atomic E-state index is 0.219. The lowest BCUT2D eigenvalue weighted by Crippen LogP contribution is -2.12. The molecule has 17 heavy (non-hydrogen) atoms. The maximum atomic E-state index is 13.5. The van der Waals surface area contributed by atoms with Gasteiger partial charge in [-0.2, -0.15) is 0 Å². The number of aromatic nitrogens is 2. The molecule has 0 fully saturated rings. The van der Waals surface area contributed by atoms with Gasteiger partial charge in [0, 0.05) is 6.54 Å². The van der Waals surface area contributed by atoms with E-state index in [2.05, 4.69) is 25.8 Å². The van der Waals surface area contributed by atoms with Gasteiger partial charge in [0.25, 0.3) is 0 Å². The highest BCUT2D eigenvalue weighted by Gasteiger charge is 2.15. The van der Waals surface area contributed by atoms with Gasteiger partial charge in [-0.25, -0.2) is 9.37 Å². The van der Waals surface area contributed by atoms with Crippen LogP contribution < -0.4 is 5.73 Å². The highest BCUT2D eigenvalue weighted by atomic mass is 19.1. The number of fused-ring (bicyclic) bond motifs is 1. The Labute approximate surface area is 100 Å². The third-order valence-electron chi connectivity index (χ3n) is 2.84. The van der Waals surface area contributed by atoms with Gasteiger partial charge >= 0.3 is 0 Å². The number of nitrogen functional groups attached to an aromatic ring is 1. The summed E-state index contributed by atoms with van der Waals surface area (Å²) >= 11 is 0. The molecule has 0 aliphatic heterocycles.